The van der Waals surface area contributed by atoms with Crippen LogP contribution in [0.1, 0.15) is 19.8 Å². The van der Waals surface area contributed by atoms with Crippen LogP contribution in [0.4, 0.5) is 0 Å². The van der Waals surface area contributed by atoms with Gasteiger partial charge in [0.05, 0.1) is 0 Å². The van der Waals surface area contributed by atoms with Crippen molar-refractivity contribution in [1.29, 1.82) is 0 Å². The van der Waals surface area contributed by atoms with E-state index in [-0.39, 0.29) is 0 Å². The van der Waals surface area contributed by atoms with Crippen LogP contribution in [0.5, 0.6) is 0 Å². The molecule has 0 atom stereocenters. The van der Waals surface area contributed by atoms with Gasteiger partial charge in [-0.2, -0.15) is 6.32 Å². The van der Waals surface area contributed by atoms with E-state index < -0.39 is 0 Å². The second kappa shape index (κ2) is 4.06. The van der Waals surface area contributed by atoms with Crippen molar-refractivity contribution in [3.8, 4) is 0 Å². The molecule has 0 bridgehead atoms. The predicted octanol–water partition coefficient (Wildman–Crippen LogP) is 0.570. The van der Waals surface area contributed by atoms with Crippen LogP contribution in [0.25, 0.3) is 0 Å². The maximum Gasteiger partial charge on any atom is -0.0479 e. The summed E-state index contributed by atoms with van der Waals surface area (Å²) in [7, 11) is 0.748. The molecule has 0 aliphatic rings. The lowest BCUT2D eigenvalue weighted by Gasteiger charge is -1.83. The topological polar surface area (TPSA) is 0 Å². The van der Waals surface area contributed by atoms with Crippen LogP contribution >= 0.6 is 0 Å². The van der Waals surface area contributed by atoms with Crippen molar-refractivity contribution in [2.75, 3.05) is 0 Å². The van der Waals surface area contributed by atoms with Crippen LogP contribution in [0.15, 0.2) is 0 Å². The van der Waals surface area contributed by atoms with Gasteiger partial charge in [-0.3, -0.25) is 0 Å². The van der Waals surface area contributed by atoms with Gasteiger partial charge in [0.2, 0.25) is 0 Å². The monoisotopic (exact) mass is 71.1 g/mol. The quantitative estimate of drug-likeness (QED) is 0.417. The van der Waals surface area contributed by atoms with Crippen LogP contribution in [0.2, 0.25) is 6.32 Å². The highest BCUT2D eigenvalue weighted by molar-refractivity contribution is 6.08. The van der Waals surface area contributed by atoms with E-state index in [1.54, 1.807) is 6.32 Å². The Morgan fingerprint density at radius 2 is 2.20 bits per heavy atom. The summed E-state index contributed by atoms with van der Waals surface area (Å²) < 4.78 is 0. The summed E-state index contributed by atoms with van der Waals surface area (Å²) in [5, 5.41) is 0. The van der Waals surface area contributed by atoms with Crippen LogP contribution in [0.3, 0.4) is 0 Å². The molecule has 0 amide bonds. The van der Waals surface area contributed by atoms with Gasteiger partial charge in [0.25, 0.3) is 0 Å². The summed E-state index contributed by atoms with van der Waals surface area (Å²) in [6.45, 7) is 2.25. The zero-order chi connectivity index (χ0) is 4.12. The van der Waals surface area contributed by atoms with Gasteiger partial charge in [0.15, 0.2) is 0 Å². The van der Waals surface area contributed by atoms with Crippen LogP contribution in [0, 0.1) is 0 Å². The van der Waals surface area contributed by atoms with Crippen LogP contribution < -0.4 is 0 Å². The normalized spacial score (nSPS) is 8.40. The van der Waals surface area contributed by atoms with E-state index in [1.165, 1.54) is 12.8 Å². The molecule has 0 spiro atoms. The minimum Gasteiger partial charge on any atom is -0.187 e. The third-order valence-corrected chi connectivity index (χ3v) is 0.354. The summed E-state index contributed by atoms with van der Waals surface area (Å²) in [4.78, 5) is 0. The SMILES string of the molecule is [BH3-]CCCC. The van der Waals surface area contributed by atoms with E-state index in [0.717, 1.165) is 7.85 Å². The molecule has 32 valence electrons. The Morgan fingerprint density at radius 1 is 1.60 bits per heavy atom. The maximum absolute atomic E-state index is 2.25. The lowest BCUT2D eigenvalue weighted by atomic mass is 10.0. The van der Waals surface area contributed by atoms with Gasteiger partial charge in [0.1, 0.15) is 0 Å². The first-order valence-electron chi connectivity index (χ1n) is 1.71. The lowest BCUT2D eigenvalue weighted by Crippen LogP contribution is -1.63. The fourth-order valence-electron chi connectivity index (χ4n) is 0. The molecule has 0 aromatic heterocycles. The van der Waals surface area contributed by atoms with E-state index >= 15 is 0 Å². The number of hydrogen-bond acceptors (Lipinski definition) is 0. The standard InChI is InChI=1S/C4H12B/c1-2-3-4-5/h2-4H2,1,5H3/q-1. The van der Waals surface area contributed by atoms with E-state index in [1.807, 2.05) is 0 Å². The highest BCUT2D eigenvalue weighted by atomic mass is 13.7. The van der Waals surface area contributed by atoms with E-state index in [0.29, 0.717) is 0 Å². The Hall–Kier alpha value is 0.0649. The third-order valence-electron chi connectivity index (χ3n) is 0.354. The first-order valence-corrected chi connectivity index (χ1v) is 1.71. The Labute approximate surface area is 35.0 Å². The number of rotatable bonds is 2. The van der Waals surface area contributed by atoms with Gasteiger partial charge in [-0.15, -0.1) is 0 Å². The van der Waals surface area contributed by atoms with Crippen molar-refractivity contribution in [2.45, 2.75) is 26.1 Å². The Bertz CT molecular complexity index is 11.1. The molecule has 0 aromatic rings. The van der Waals surface area contributed by atoms with Crippen molar-refractivity contribution in [1.82, 2.24) is 0 Å². The van der Waals surface area contributed by atoms with E-state index in [2.05, 4.69) is 6.92 Å². The largest absolute Gasteiger partial charge is 0.187 e. The fourth-order valence-corrected chi connectivity index (χ4v) is 0. The second-order valence-electron chi connectivity index (χ2n) is 0.854. The molecule has 0 nitrogen and oxygen atoms in total. The van der Waals surface area contributed by atoms with Crippen LogP contribution in [-0.4, -0.2) is 7.85 Å². The smallest absolute Gasteiger partial charge is 0.0479 e. The third kappa shape index (κ3) is 4.06. The molecule has 5 heavy (non-hydrogen) atoms. The molecule has 0 saturated heterocycles. The minimum atomic E-state index is 0.748. The second-order valence-corrected chi connectivity index (χ2v) is 0.854. The van der Waals surface area contributed by atoms with Crippen molar-refractivity contribution in [3.63, 3.8) is 0 Å². The molecule has 0 fully saturated rings. The van der Waals surface area contributed by atoms with Gasteiger partial charge in [0, 0.05) is 0 Å². The molecular formula is C4H12B-. The molecule has 0 radical (unpaired) electrons. The zero-order valence-electron chi connectivity index (χ0n) is 3.12. The first-order chi connectivity index (χ1) is 2.41. The van der Waals surface area contributed by atoms with Crippen molar-refractivity contribution in [2.24, 2.45) is 0 Å². The zero-order valence-corrected chi connectivity index (χ0v) is 3.12. The van der Waals surface area contributed by atoms with E-state index in [4.69, 9.17) is 0 Å². The number of hydrogen-bond donors (Lipinski definition) is 0. The lowest BCUT2D eigenvalue weighted by molar-refractivity contribution is 0.884. The average Bonchev–Trinajstić information content (AvgIpc) is 1.41. The molecular weight excluding hydrogens is 58.9 g/mol. The molecule has 0 heterocycles. The van der Waals surface area contributed by atoms with Crippen LogP contribution in [-0.2, 0) is 0 Å². The van der Waals surface area contributed by atoms with Gasteiger partial charge in [-0.1, -0.05) is 19.8 Å². The Kier molecular flexibility index (Phi) is 4.12. The minimum absolute atomic E-state index is 0.748. The Morgan fingerprint density at radius 3 is 2.20 bits per heavy atom. The average molecular weight is 71.0 g/mol. The van der Waals surface area contributed by atoms with Gasteiger partial charge >= 0.3 is 0 Å². The van der Waals surface area contributed by atoms with Crippen molar-refractivity contribution in [3.05, 3.63) is 0 Å². The van der Waals surface area contributed by atoms with Gasteiger partial charge in [-0.25, -0.2) is 0 Å². The van der Waals surface area contributed by atoms with Gasteiger partial charge in [-0.05, 0) is 7.85 Å². The van der Waals surface area contributed by atoms with E-state index in [9.17, 15) is 0 Å². The number of unbranched alkanes of at least 4 members (excludes halogenated alkanes) is 1. The van der Waals surface area contributed by atoms with Crippen molar-refractivity contribution < 1.29 is 0 Å². The summed E-state index contributed by atoms with van der Waals surface area (Å²) in [6, 6.07) is 0. The fraction of sp³-hybridized carbons (Fsp3) is 1.00. The maximum atomic E-state index is 2.25. The molecule has 0 aliphatic heterocycles. The predicted molar refractivity (Wildman–Crippen MR) is 29.7 cm³/mol. The summed E-state index contributed by atoms with van der Waals surface area (Å²) >= 11 is 0. The molecule has 0 unspecified atom stereocenters. The molecule has 0 N–H and O–H groups in total. The summed E-state index contributed by atoms with van der Waals surface area (Å²) in [5.41, 5.74) is 0. The Balaban J connectivity index is 2.19. The molecule has 0 aromatic carbocycles. The molecule has 1 heteroatoms. The molecule has 0 aliphatic carbocycles. The highest BCUT2D eigenvalue weighted by Crippen LogP contribution is 1.86. The summed E-state index contributed by atoms with van der Waals surface area (Å²) in [5.74, 6) is 0. The summed E-state index contributed by atoms with van der Waals surface area (Å²) in [6.07, 6.45) is 4.50. The van der Waals surface area contributed by atoms with Crippen molar-refractivity contribution >= 4 is 7.85 Å². The first kappa shape index (κ1) is 5.06. The molecule has 0 saturated carbocycles. The highest BCUT2D eigenvalue weighted by Gasteiger charge is 1.64. The molecule has 0 rings (SSSR count). The van der Waals surface area contributed by atoms with Gasteiger partial charge < -0.3 is 0 Å².